The molecule has 12 heteroatoms. The fourth-order valence-electron chi connectivity index (χ4n) is 2.91. The van der Waals surface area contributed by atoms with E-state index >= 15 is 0 Å². The van der Waals surface area contributed by atoms with Gasteiger partial charge in [-0.3, -0.25) is 18.7 Å². The second-order valence-corrected chi connectivity index (χ2v) is 11.3. The van der Waals surface area contributed by atoms with E-state index in [1.807, 2.05) is 0 Å². The lowest BCUT2D eigenvalue weighted by Gasteiger charge is -2.32. The molecule has 0 amide bonds. The molecule has 0 aromatic heterocycles. The maximum Gasteiger partial charge on any atom is 0.345 e. The van der Waals surface area contributed by atoms with Gasteiger partial charge in [-0.15, -0.1) is 0 Å². The number of carboxylic acid groups (broad SMARTS) is 1. The lowest BCUT2D eigenvalue weighted by molar-refractivity contribution is -0.159. The molecule has 1 rings (SSSR count). The number of aliphatic carboxylic acids is 1. The zero-order valence-electron chi connectivity index (χ0n) is 18.8. The summed E-state index contributed by atoms with van der Waals surface area (Å²) in [6.07, 6.45) is -0.683. The molecule has 0 heterocycles. The van der Waals surface area contributed by atoms with Crippen molar-refractivity contribution < 1.29 is 46.7 Å². The quantitative estimate of drug-likeness (QED) is 0.196. The summed E-state index contributed by atoms with van der Waals surface area (Å²) in [5.41, 5.74) is 0.658. The molecule has 0 radical (unpaired) electrons. The Balaban J connectivity index is 3.29. The van der Waals surface area contributed by atoms with Gasteiger partial charge in [0, 0.05) is 0 Å². The molecule has 0 aliphatic heterocycles. The molecule has 32 heavy (non-hydrogen) atoms. The van der Waals surface area contributed by atoms with Gasteiger partial charge in [-0.05, 0) is 39.7 Å². The zero-order chi connectivity index (χ0) is 24.2. The van der Waals surface area contributed by atoms with Gasteiger partial charge in [0.2, 0.25) is 0 Å². The van der Waals surface area contributed by atoms with Gasteiger partial charge >= 0.3 is 27.1 Å². The van der Waals surface area contributed by atoms with E-state index in [1.165, 1.54) is 0 Å². The number of carboxylic acids is 1. The predicted octanol–water partition coefficient (Wildman–Crippen LogP) is 4.68. The third kappa shape index (κ3) is 8.10. The fourth-order valence-corrected chi connectivity index (χ4v) is 8.31. The van der Waals surface area contributed by atoms with Crippen LogP contribution < -0.4 is 0 Å². The summed E-state index contributed by atoms with van der Waals surface area (Å²) in [6, 6.07) is 8.70. The van der Waals surface area contributed by atoms with Crippen molar-refractivity contribution >= 4 is 27.1 Å². The predicted molar refractivity (Wildman–Crippen MR) is 117 cm³/mol. The van der Waals surface area contributed by atoms with Crippen LogP contribution in [0.4, 0.5) is 0 Å². The van der Waals surface area contributed by atoms with Crippen molar-refractivity contribution in [2.24, 2.45) is 5.92 Å². The van der Waals surface area contributed by atoms with Crippen LogP contribution in [-0.4, -0.2) is 48.9 Å². The summed E-state index contributed by atoms with van der Waals surface area (Å²) < 4.78 is 53.5. The highest BCUT2D eigenvalue weighted by molar-refractivity contribution is 7.72. The number of esters is 1. The minimum atomic E-state index is -4.20. The van der Waals surface area contributed by atoms with Gasteiger partial charge in [-0.2, -0.15) is 0 Å². The third-order valence-electron chi connectivity index (χ3n) is 4.22. The first-order valence-electron chi connectivity index (χ1n) is 10.4. The molecule has 0 aliphatic rings. The van der Waals surface area contributed by atoms with Crippen LogP contribution in [0.2, 0.25) is 0 Å². The monoisotopic (exact) mass is 494 g/mol. The second-order valence-electron chi connectivity index (χ2n) is 6.45. The Morgan fingerprint density at radius 2 is 1.28 bits per heavy atom. The summed E-state index contributed by atoms with van der Waals surface area (Å²) in [5.74, 6) is -4.41. The average Bonchev–Trinajstić information content (AvgIpc) is 2.73. The average molecular weight is 494 g/mol. The van der Waals surface area contributed by atoms with Gasteiger partial charge in [-0.25, -0.2) is 0 Å². The van der Waals surface area contributed by atoms with Crippen molar-refractivity contribution in [1.29, 1.82) is 0 Å². The first-order chi connectivity index (χ1) is 15.2. The Morgan fingerprint density at radius 1 is 0.844 bits per heavy atom. The Kier molecular flexibility index (Phi) is 12.4. The number of carbonyl (C=O) groups is 2. The molecule has 0 aliphatic carbocycles. The molecule has 0 fully saturated rings. The fraction of sp³-hybridized carbons (Fsp3) is 0.600. The number of hydrogen-bond acceptors (Lipinski definition) is 9. The molecule has 0 spiro atoms. The lowest BCUT2D eigenvalue weighted by atomic mass is 10.1. The van der Waals surface area contributed by atoms with Crippen LogP contribution in [0.1, 0.15) is 39.7 Å². The van der Waals surface area contributed by atoms with Crippen LogP contribution in [0.15, 0.2) is 30.3 Å². The molecule has 1 unspecified atom stereocenters. The van der Waals surface area contributed by atoms with Crippen LogP contribution in [0.5, 0.6) is 0 Å². The molecular formula is C20H32O10P2. The van der Waals surface area contributed by atoms with E-state index in [9.17, 15) is 23.8 Å². The van der Waals surface area contributed by atoms with Crippen molar-refractivity contribution in [3.8, 4) is 0 Å². The standard InChI is InChI=1S/C20H32O10P2/c1-5-27-31(24,28-6-2)18(32(25,29-7-3)30-8-4)14-17(19(21)22)20(23)26-15-16-12-10-9-11-13-16/h9-13,17-18H,5-8,14-15H2,1-4H3,(H,21,22). The van der Waals surface area contributed by atoms with E-state index in [0.717, 1.165) is 0 Å². The molecule has 0 saturated carbocycles. The van der Waals surface area contributed by atoms with Crippen molar-refractivity contribution in [2.45, 2.75) is 46.1 Å². The Hall–Kier alpha value is -1.54. The number of rotatable bonds is 16. The molecule has 1 aromatic rings. The van der Waals surface area contributed by atoms with E-state index in [1.54, 1.807) is 58.0 Å². The van der Waals surface area contributed by atoms with Gasteiger partial charge in [0.25, 0.3) is 0 Å². The molecular weight excluding hydrogens is 462 g/mol. The van der Waals surface area contributed by atoms with E-state index in [0.29, 0.717) is 5.56 Å². The van der Waals surface area contributed by atoms with Gasteiger partial charge in [0.05, 0.1) is 26.4 Å². The summed E-state index contributed by atoms with van der Waals surface area (Å²) in [5, 5.41) is 8.06. The first-order valence-corrected chi connectivity index (χ1v) is 13.6. The lowest BCUT2D eigenvalue weighted by Crippen LogP contribution is -2.31. The molecule has 0 saturated heterocycles. The van der Waals surface area contributed by atoms with E-state index < -0.39 is 44.9 Å². The molecule has 10 nitrogen and oxygen atoms in total. The maximum absolute atomic E-state index is 13.5. The smallest absolute Gasteiger partial charge is 0.345 e. The van der Waals surface area contributed by atoms with Crippen molar-refractivity contribution in [3.63, 3.8) is 0 Å². The highest BCUT2D eigenvalue weighted by atomic mass is 31.2. The summed E-state index contributed by atoms with van der Waals surface area (Å²) >= 11 is 0. The maximum atomic E-state index is 13.5. The summed E-state index contributed by atoms with van der Waals surface area (Å²) in [7, 11) is -8.41. The molecule has 1 aromatic carbocycles. The number of hydrogen-bond donors (Lipinski definition) is 1. The van der Waals surface area contributed by atoms with Crippen LogP contribution in [0, 0.1) is 5.92 Å². The van der Waals surface area contributed by atoms with Crippen LogP contribution in [0.25, 0.3) is 0 Å². The number of carbonyl (C=O) groups excluding carboxylic acids is 1. The van der Waals surface area contributed by atoms with Crippen LogP contribution in [0.3, 0.4) is 0 Å². The molecule has 1 N–H and O–H groups in total. The highest BCUT2D eigenvalue weighted by Gasteiger charge is 2.53. The third-order valence-corrected chi connectivity index (χ3v) is 10.3. The Labute approximate surface area is 188 Å². The number of ether oxygens (including phenoxy) is 1. The number of benzene rings is 1. The first kappa shape index (κ1) is 28.5. The van der Waals surface area contributed by atoms with E-state index in [4.69, 9.17) is 22.8 Å². The minimum absolute atomic E-state index is 0.0672. The van der Waals surface area contributed by atoms with Crippen molar-refractivity contribution in [3.05, 3.63) is 35.9 Å². The highest BCUT2D eigenvalue weighted by Crippen LogP contribution is 2.72. The second kappa shape index (κ2) is 13.9. The van der Waals surface area contributed by atoms with Crippen molar-refractivity contribution in [2.75, 3.05) is 26.4 Å². The normalized spacial score (nSPS) is 13.2. The zero-order valence-corrected chi connectivity index (χ0v) is 20.6. The molecule has 182 valence electrons. The van der Waals surface area contributed by atoms with Gasteiger partial charge in [0.15, 0.2) is 11.3 Å². The largest absolute Gasteiger partial charge is 0.481 e. The van der Waals surface area contributed by atoms with Gasteiger partial charge < -0.3 is 27.9 Å². The van der Waals surface area contributed by atoms with E-state index in [2.05, 4.69) is 0 Å². The van der Waals surface area contributed by atoms with Gasteiger partial charge in [0.1, 0.15) is 6.61 Å². The summed E-state index contributed by atoms with van der Waals surface area (Å²) in [6.45, 7) is 5.79. The Morgan fingerprint density at radius 3 is 1.66 bits per heavy atom. The topological polar surface area (TPSA) is 135 Å². The SMILES string of the molecule is CCOP(=O)(OCC)C(CC(C(=O)O)C(=O)OCc1ccccc1)P(=O)(OCC)OCC. The van der Waals surface area contributed by atoms with Crippen molar-refractivity contribution in [1.82, 2.24) is 0 Å². The van der Waals surface area contributed by atoms with E-state index in [-0.39, 0.29) is 33.0 Å². The van der Waals surface area contributed by atoms with Crippen LogP contribution >= 0.6 is 15.2 Å². The summed E-state index contributed by atoms with van der Waals surface area (Å²) in [4.78, 5) is 24.6. The molecule has 1 atom stereocenters. The molecule has 0 bridgehead atoms. The Bertz CT molecular complexity index is 764. The van der Waals surface area contributed by atoms with Gasteiger partial charge in [-0.1, -0.05) is 30.3 Å². The van der Waals surface area contributed by atoms with Crippen LogP contribution in [-0.2, 0) is 48.2 Å². The minimum Gasteiger partial charge on any atom is -0.481 e.